The van der Waals surface area contributed by atoms with Crippen LogP contribution in [0.1, 0.15) is 46.5 Å². The monoisotopic (exact) mass is 199 g/mol. The van der Waals surface area contributed by atoms with Crippen molar-refractivity contribution in [1.82, 2.24) is 0 Å². The summed E-state index contributed by atoms with van der Waals surface area (Å²) < 4.78 is 0. The van der Waals surface area contributed by atoms with Gasteiger partial charge in [0.1, 0.15) is 0 Å². The van der Waals surface area contributed by atoms with Crippen molar-refractivity contribution in [2.45, 2.75) is 52.1 Å². The van der Waals surface area contributed by atoms with Gasteiger partial charge in [0.2, 0.25) is 0 Å². The van der Waals surface area contributed by atoms with E-state index in [1.807, 2.05) is 0 Å². The number of nitrogens with two attached hydrogens (primary N) is 1. The molecule has 0 spiro atoms. The molecule has 0 aromatic carbocycles. The highest BCUT2D eigenvalue weighted by molar-refractivity contribution is 4.93. The van der Waals surface area contributed by atoms with Crippen LogP contribution in [0.5, 0.6) is 0 Å². The Morgan fingerprint density at radius 1 is 1.43 bits per heavy atom. The molecule has 2 nitrogen and oxygen atoms in total. The molecule has 84 valence electrons. The summed E-state index contributed by atoms with van der Waals surface area (Å²) in [6, 6.07) is 0. The van der Waals surface area contributed by atoms with E-state index in [2.05, 4.69) is 20.8 Å². The lowest BCUT2D eigenvalue weighted by molar-refractivity contribution is -0.0839. The van der Waals surface area contributed by atoms with Crippen molar-refractivity contribution in [2.75, 3.05) is 6.54 Å². The van der Waals surface area contributed by atoms with Crippen molar-refractivity contribution in [3.05, 3.63) is 0 Å². The molecule has 3 atom stereocenters. The molecule has 2 heteroatoms. The summed E-state index contributed by atoms with van der Waals surface area (Å²) in [6.07, 6.45) is 4.12. The van der Waals surface area contributed by atoms with Gasteiger partial charge in [-0.3, -0.25) is 0 Å². The van der Waals surface area contributed by atoms with E-state index in [4.69, 9.17) is 5.73 Å². The molecule has 0 amide bonds. The third-order valence-corrected chi connectivity index (χ3v) is 3.74. The molecule has 3 N–H and O–H groups in total. The van der Waals surface area contributed by atoms with E-state index in [1.165, 1.54) is 6.42 Å². The lowest BCUT2D eigenvalue weighted by atomic mass is 9.66. The minimum atomic E-state index is -0.486. The van der Waals surface area contributed by atoms with Crippen molar-refractivity contribution >= 4 is 0 Å². The molecule has 0 aliphatic heterocycles. The van der Waals surface area contributed by atoms with E-state index in [-0.39, 0.29) is 0 Å². The first kappa shape index (κ1) is 12.0. The second kappa shape index (κ2) is 4.63. The molecular formula is C12H25NO. The van der Waals surface area contributed by atoms with Gasteiger partial charge in [-0.15, -0.1) is 0 Å². The number of rotatable bonds is 3. The summed E-state index contributed by atoms with van der Waals surface area (Å²) in [5.41, 5.74) is 5.11. The first-order chi connectivity index (χ1) is 6.49. The van der Waals surface area contributed by atoms with Crippen molar-refractivity contribution in [3.8, 4) is 0 Å². The molecule has 0 unspecified atom stereocenters. The fraction of sp³-hybridized carbons (Fsp3) is 1.00. The Bertz CT molecular complexity index is 181. The normalized spacial score (nSPS) is 39.0. The molecule has 1 fully saturated rings. The first-order valence-corrected chi connectivity index (χ1v) is 5.92. The number of aliphatic hydroxyl groups is 1. The van der Waals surface area contributed by atoms with Gasteiger partial charge in [-0.1, -0.05) is 27.2 Å². The SMILES string of the molecule is CC(C)[C@@H]1CC[C@@H](C)C[C@@]1(O)CCN. The number of hydrogen-bond acceptors (Lipinski definition) is 2. The van der Waals surface area contributed by atoms with Crippen LogP contribution in [0.25, 0.3) is 0 Å². The minimum Gasteiger partial charge on any atom is -0.390 e. The van der Waals surface area contributed by atoms with Crippen molar-refractivity contribution < 1.29 is 5.11 Å². The van der Waals surface area contributed by atoms with E-state index < -0.39 is 5.60 Å². The van der Waals surface area contributed by atoms with Crippen LogP contribution < -0.4 is 5.73 Å². The van der Waals surface area contributed by atoms with Gasteiger partial charge in [0.25, 0.3) is 0 Å². The van der Waals surface area contributed by atoms with Crippen molar-refractivity contribution in [2.24, 2.45) is 23.5 Å². The summed E-state index contributed by atoms with van der Waals surface area (Å²) >= 11 is 0. The molecule has 1 aliphatic rings. The van der Waals surface area contributed by atoms with Gasteiger partial charge in [-0.25, -0.2) is 0 Å². The standard InChI is InChI=1S/C12H25NO/c1-9(2)11-5-4-10(3)8-12(11,14)6-7-13/h9-11,14H,4-8,13H2,1-3H3/t10-,11+,12+/m1/s1. The zero-order chi connectivity index (χ0) is 10.8. The lowest BCUT2D eigenvalue weighted by Crippen LogP contribution is -2.46. The quantitative estimate of drug-likeness (QED) is 0.731. The molecule has 0 aromatic rings. The Morgan fingerprint density at radius 3 is 2.57 bits per heavy atom. The summed E-state index contributed by atoms with van der Waals surface area (Å²) in [5, 5.41) is 10.6. The topological polar surface area (TPSA) is 46.2 Å². The van der Waals surface area contributed by atoms with Crippen LogP contribution in [-0.2, 0) is 0 Å². The highest BCUT2D eigenvalue weighted by Gasteiger charge is 2.41. The molecule has 14 heavy (non-hydrogen) atoms. The molecule has 0 radical (unpaired) electrons. The zero-order valence-corrected chi connectivity index (χ0v) is 9.79. The van der Waals surface area contributed by atoms with Crippen LogP contribution in [0, 0.1) is 17.8 Å². The largest absolute Gasteiger partial charge is 0.390 e. The molecule has 1 aliphatic carbocycles. The third-order valence-electron chi connectivity index (χ3n) is 3.74. The molecular weight excluding hydrogens is 174 g/mol. The van der Waals surface area contributed by atoms with Gasteiger partial charge in [0, 0.05) is 0 Å². The highest BCUT2D eigenvalue weighted by atomic mass is 16.3. The molecule has 1 rings (SSSR count). The third kappa shape index (κ3) is 2.48. The number of hydrogen-bond donors (Lipinski definition) is 2. The zero-order valence-electron chi connectivity index (χ0n) is 9.79. The van der Waals surface area contributed by atoms with Crippen molar-refractivity contribution in [1.29, 1.82) is 0 Å². The van der Waals surface area contributed by atoms with Gasteiger partial charge < -0.3 is 10.8 Å². The van der Waals surface area contributed by atoms with Crippen LogP contribution >= 0.6 is 0 Å². The Balaban J connectivity index is 2.72. The minimum absolute atomic E-state index is 0.447. The molecule has 0 bridgehead atoms. The van der Waals surface area contributed by atoms with Gasteiger partial charge in [0.15, 0.2) is 0 Å². The predicted octanol–water partition coefficient (Wildman–Crippen LogP) is 2.16. The maximum absolute atomic E-state index is 10.6. The summed E-state index contributed by atoms with van der Waals surface area (Å²) in [6.45, 7) is 7.26. The Hall–Kier alpha value is -0.0800. The molecule has 1 saturated carbocycles. The van der Waals surface area contributed by atoms with E-state index in [0.717, 1.165) is 19.3 Å². The average molecular weight is 199 g/mol. The van der Waals surface area contributed by atoms with E-state index >= 15 is 0 Å². The molecule has 0 heterocycles. The smallest absolute Gasteiger partial charge is 0.0692 e. The molecule has 0 saturated heterocycles. The van der Waals surface area contributed by atoms with Crippen LogP contribution in [-0.4, -0.2) is 17.3 Å². The maximum atomic E-state index is 10.6. The van der Waals surface area contributed by atoms with Gasteiger partial charge in [0.05, 0.1) is 5.60 Å². The van der Waals surface area contributed by atoms with E-state index in [0.29, 0.717) is 24.3 Å². The van der Waals surface area contributed by atoms with Crippen LogP contribution in [0.15, 0.2) is 0 Å². The fourth-order valence-corrected chi connectivity index (χ4v) is 3.08. The second-order valence-electron chi connectivity index (χ2n) is 5.38. The van der Waals surface area contributed by atoms with Crippen LogP contribution in [0.4, 0.5) is 0 Å². The summed E-state index contributed by atoms with van der Waals surface area (Å²) in [7, 11) is 0. The molecule has 0 aromatic heterocycles. The fourth-order valence-electron chi connectivity index (χ4n) is 3.08. The van der Waals surface area contributed by atoms with Gasteiger partial charge >= 0.3 is 0 Å². The van der Waals surface area contributed by atoms with Gasteiger partial charge in [-0.2, -0.15) is 0 Å². The summed E-state index contributed by atoms with van der Waals surface area (Å²) in [5.74, 6) is 1.67. The van der Waals surface area contributed by atoms with Crippen molar-refractivity contribution in [3.63, 3.8) is 0 Å². The van der Waals surface area contributed by atoms with Crippen LogP contribution in [0.3, 0.4) is 0 Å². The predicted molar refractivity (Wildman–Crippen MR) is 60.0 cm³/mol. The maximum Gasteiger partial charge on any atom is 0.0692 e. The Labute approximate surface area is 87.9 Å². The summed E-state index contributed by atoms with van der Waals surface area (Å²) in [4.78, 5) is 0. The Morgan fingerprint density at radius 2 is 2.07 bits per heavy atom. The van der Waals surface area contributed by atoms with Gasteiger partial charge in [-0.05, 0) is 43.6 Å². The highest BCUT2D eigenvalue weighted by Crippen LogP contribution is 2.42. The average Bonchev–Trinajstić information content (AvgIpc) is 2.02. The van der Waals surface area contributed by atoms with Crippen LogP contribution in [0.2, 0.25) is 0 Å². The van der Waals surface area contributed by atoms with E-state index in [9.17, 15) is 5.11 Å². The first-order valence-electron chi connectivity index (χ1n) is 5.92. The second-order valence-corrected chi connectivity index (χ2v) is 5.38. The van der Waals surface area contributed by atoms with E-state index in [1.54, 1.807) is 0 Å². The Kier molecular flexibility index (Phi) is 3.96. The lowest BCUT2D eigenvalue weighted by Gasteiger charge is -2.44.